The van der Waals surface area contributed by atoms with Crippen LogP contribution in [0.2, 0.25) is 0 Å². The summed E-state index contributed by atoms with van der Waals surface area (Å²) in [5.41, 5.74) is 9.40. The molecule has 18 heavy (non-hydrogen) atoms. The number of hydrogen-bond acceptors (Lipinski definition) is 2. The second-order valence-electron chi connectivity index (χ2n) is 4.42. The summed E-state index contributed by atoms with van der Waals surface area (Å²) in [5, 5.41) is 3.52. The number of para-hydroxylation sites is 1. The van der Waals surface area contributed by atoms with Gasteiger partial charge < -0.3 is 11.1 Å². The van der Waals surface area contributed by atoms with Gasteiger partial charge in [0.15, 0.2) is 0 Å². The average Bonchev–Trinajstić information content (AvgIpc) is 2.42. The molecule has 0 radical (unpaired) electrons. The molecule has 1 unspecified atom stereocenters. The Balaban J connectivity index is 2.19. The van der Waals surface area contributed by atoms with Crippen LogP contribution >= 0.6 is 0 Å². The molecule has 2 nitrogen and oxygen atoms in total. The molecule has 2 rings (SSSR count). The third-order valence-corrected chi connectivity index (χ3v) is 3.13. The Bertz CT molecular complexity index is 479. The van der Waals surface area contributed by atoms with E-state index in [0.29, 0.717) is 6.04 Å². The van der Waals surface area contributed by atoms with E-state index in [9.17, 15) is 0 Å². The predicted octanol–water partition coefficient (Wildman–Crippen LogP) is 3.16. The summed E-state index contributed by atoms with van der Waals surface area (Å²) in [6.45, 7) is 3.08. The van der Waals surface area contributed by atoms with E-state index < -0.39 is 0 Å². The largest absolute Gasteiger partial charge is 0.399 e. The molecule has 0 heterocycles. The molecule has 0 saturated carbocycles. The van der Waals surface area contributed by atoms with Gasteiger partial charge in [0.25, 0.3) is 0 Å². The van der Waals surface area contributed by atoms with Crippen LogP contribution in [0.25, 0.3) is 0 Å². The van der Waals surface area contributed by atoms with Gasteiger partial charge in [-0.1, -0.05) is 55.5 Å². The monoisotopic (exact) mass is 240 g/mol. The minimum absolute atomic E-state index is 0.320. The van der Waals surface area contributed by atoms with Gasteiger partial charge in [-0.3, -0.25) is 0 Å². The second kappa shape index (κ2) is 6.22. The first-order valence-corrected chi connectivity index (χ1v) is 6.43. The molecule has 94 valence electrons. The first-order chi connectivity index (χ1) is 8.81. The number of nitrogen functional groups attached to an aromatic ring is 1. The Morgan fingerprint density at radius 1 is 1.00 bits per heavy atom. The molecule has 0 aliphatic carbocycles. The lowest BCUT2D eigenvalue weighted by Gasteiger charge is -2.19. The number of hydrogen-bond donors (Lipinski definition) is 2. The van der Waals surface area contributed by atoms with Gasteiger partial charge in [0, 0.05) is 11.7 Å². The molecule has 2 heteroatoms. The van der Waals surface area contributed by atoms with E-state index in [1.807, 2.05) is 24.3 Å². The molecule has 0 bridgehead atoms. The zero-order valence-corrected chi connectivity index (χ0v) is 10.8. The van der Waals surface area contributed by atoms with Crippen molar-refractivity contribution in [2.75, 3.05) is 12.3 Å². The van der Waals surface area contributed by atoms with Crippen LogP contribution in [-0.4, -0.2) is 6.54 Å². The molecule has 0 aromatic heterocycles. The van der Waals surface area contributed by atoms with Gasteiger partial charge in [-0.15, -0.1) is 0 Å². The summed E-state index contributed by atoms with van der Waals surface area (Å²) in [4.78, 5) is 0. The van der Waals surface area contributed by atoms with Crippen LogP contribution in [0.15, 0.2) is 54.6 Å². The Labute approximate surface area is 109 Å². The third-order valence-electron chi connectivity index (χ3n) is 3.13. The summed E-state index contributed by atoms with van der Waals surface area (Å²) in [6, 6.07) is 18.9. The molecule has 3 N–H and O–H groups in total. The van der Waals surface area contributed by atoms with Crippen LogP contribution in [0.1, 0.15) is 24.1 Å². The molecule has 0 fully saturated rings. The molecular formula is C16H20N2. The van der Waals surface area contributed by atoms with E-state index in [2.05, 4.69) is 42.6 Å². The number of anilines is 1. The fourth-order valence-corrected chi connectivity index (χ4v) is 2.18. The molecule has 0 spiro atoms. The van der Waals surface area contributed by atoms with Crippen LogP contribution in [0.4, 0.5) is 5.69 Å². The standard InChI is InChI=1S/C16H20N2/c1-2-18-16(13-8-4-3-5-9-13)12-14-10-6-7-11-15(14)17/h3-11,16,18H,2,12,17H2,1H3. The van der Waals surface area contributed by atoms with Crippen molar-refractivity contribution in [2.45, 2.75) is 19.4 Å². The predicted molar refractivity (Wildman–Crippen MR) is 77.4 cm³/mol. The van der Waals surface area contributed by atoms with Crippen LogP contribution in [-0.2, 0) is 6.42 Å². The smallest absolute Gasteiger partial charge is 0.0361 e. The lowest BCUT2D eigenvalue weighted by atomic mass is 9.98. The number of rotatable bonds is 5. The molecule has 1 atom stereocenters. The van der Waals surface area contributed by atoms with Crippen molar-refractivity contribution in [3.05, 3.63) is 65.7 Å². The lowest BCUT2D eigenvalue weighted by Crippen LogP contribution is -2.23. The maximum absolute atomic E-state index is 6.02. The molecule has 0 aliphatic rings. The molecule has 0 amide bonds. The van der Waals surface area contributed by atoms with E-state index in [1.165, 1.54) is 11.1 Å². The van der Waals surface area contributed by atoms with Gasteiger partial charge in [0.1, 0.15) is 0 Å². The van der Waals surface area contributed by atoms with Crippen LogP contribution in [0.5, 0.6) is 0 Å². The molecule has 2 aromatic rings. The van der Waals surface area contributed by atoms with Gasteiger partial charge >= 0.3 is 0 Å². The fraction of sp³-hybridized carbons (Fsp3) is 0.250. The van der Waals surface area contributed by atoms with Gasteiger partial charge in [-0.2, -0.15) is 0 Å². The maximum atomic E-state index is 6.02. The summed E-state index contributed by atoms with van der Waals surface area (Å²) in [7, 11) is 0. The SMILES string of the molecule is CCNC(Cc1ccccc1N)c1ccccc1. The highest BCUT2D eigenvalue weighted by atomic mass is 14.9. The Hall–Kier alpha value is -1.80. The Morgan fingerprint density at radius 2 is 1.67 bits per heavy atom. The zero-order chi connectivity index (χ0) is 12.8. The summed E-state index contributed by atoms with van der Waals surface area (Å²) >= 11 is 0. The average molecular weight is 240 g/mol. The van der Waals surface area contributed by atoms with Crippen LogP contribution in [0, 0.1) is 0 Å². The maximum Gasteiger partial charge on any atom is 0.0361 e. The van der Waals surface area contributed by atoms with Gasteiger partial charge in [-0.25, -0.2) is 0 Å². The van der Waals surface area contributed by atoms with E-state index in [-0.39, 0.29) is 0 Å². The minimum Gasteiger partial charge on any atom is -0.399 e. The lowest BCUT2D eigenvalue weighted by molar-refractivity contribution is 0.550. The van der Waals surface area contributed by atoms with Crippen molar-refractivity contribution in [1.29, 1.82) is 0 Å². The quantitative estimate of drug-likeness (QED) is 0.788. The fourth-order valence-electron chi connectivity index (χ4n) is 2.18. The van der Waals surface area contributed by atoms with Crippen molar-refractivity contribution in [3.63, 3.8) is 0 Å². The molecule has 0 saturated heterocycles. The zero-order valence-electron chi connectivity index (χ0n) is 10.8. The number of nitrogens with one attached hydrogen (secondary N) is 1. The normalized spacial score (nSPS) is 12.3. The first-order valence-electron chi connectivity index (χ1n) is 6.43. The van der Waals surface area contributed by atoms with E-state index >= 15 is 0 Å². The van der Waals surface area contributed by atoms with E-state index in [4.69, 9.17) is 5.73 Å². The number of nitrogens with two attached hydrogens (primary N) is 1. The molecule has 0 aliphatic heterocycles. The van der Waals surface area contributed by atoms with Crippen LogP contribution in [0.3, 0.4) is 0 Å². The minimum atomic E-state index is 0.320. The summed E-state index contributed by atoms with van der Waals surface area (Å²) in [5.74, 6) is 0. The molecule has 2 aromatic carbocycles. The first kappa shape index (κ1) is 12.7. The topological polar surface area (TPSA) is 38.0 Å². The molecular weight excluding hydrogens is 220 g/mol. The Morgan fingerprint density at radius 3 is 2.33 bits per heavy atom. The van der Waals surface area contributed by atoms with Crippen molar-refractivity contribution in [1.82, 2.24) is 5.32 Å². The second-order valence-corrected chi connectivity index (χ2v) is 4.42. The van der Waals surface area contributed by atoms with Crippen LogP contribution < -0.4 is 11.1 Å². The van der Waals surface area contributed by atoms with E-state index in [1.54, 1.807) is 0 Å². The van der Waals surface area contributed by atoms with Gasteiger partial charge in [0.05, 0.1) is 0 Å². The number of likely N-dealkylation sites (N-methyl/N-ethyl adjacent to an activating group) is 1. The van der Waals surface area contributed by atoms with E-state index in [0.717, 1.165) is 18.7 Å². The van der Waals surface area contributed by atoms with Gasteiger partial charge in [0.2, 0.25) is 0 Å². The highest BCUT2D eigenvalue weighted by molar-refractivity contribution is 5.47. The Kier molecular flexibility index (Phi) is 4.37. The summed E-state index contributed by atoms with van der Waals surface area (Å²) < 4.78 is 0. The number of benzene rings is 2. The highest BCUT2D eigenvalue weighted by Crippen LogP contribution is 2.21. The highest BCUT2D eigenvalue weighted by Gasteiger charge is 2.11. The van der Waals surface area contributed by atoms with Gasteiger partial charge in [-0.05, 0) is 30.2 Å². The summed E-state index contributed by atoms with van der Waals surface area (Å²) in [6.07, 6.45) is 0.921. The van der Waals surface area contributed by atoms with Crippen molar-refractivity contribution >= 4 is 5.69 Å². The van der Waals surface area contributed by atoms with Crippen molar-refractivity contribution < 1.29 is 0 Å². The van der Waals surface area contributed by atoms with Crippen molar-refractivity contribution in [2.24, 2.45) is 0 Å². The van der Waals surface area contributed by atoms with Crippen molar-refractivity contribution in [3.8, 4) is 0 Å². The third kappa shape index (κ3) is 3.11.